The topological polar surface area (TPSA) is 115 Å². The fourth-order valence-corrected chi connectivity index (χ4v) is 4.40. The molecule has 2 aromatic heterocycles. The Labute approximate surface area is 207 Å². The monoisotopic (exact) mass is 511 g/mol. The number of aryl methyl sites for hydroxylation is 3. The molecular formula is C24H22ClN5O4S. The lowest BCUT2D eigenvalue weighted by molar-refractivity contribution is 0.101. The van der Waals surface area contributed by atoms with E-state index in [1.54, 1.807) is 56.4 Å². The number of carbonyl (C=O) groups excluding carboxylic acids is 1. The predicted molar refractivity (Wildman–Crippen MR) is 134 cm³/mol. The van der Waals surface area contributed by atoms with E-state index < -0.39 is 10.0 Å². The van der Waals surface area contributed by atoms with Gasteiger partial charge in [-0.15, -0.1) is 0 Å². The lowest BCUT2D eigenvalue weighted by Crippen LogP contribution is -2.16. The van der Waals surface area contributed by atoms with Gasteiger partial charge in [0.25, 0.3) is 15.9 Å². The molecule has 2 aromatic carbocycles. The first-order valence-electron chi connectivity index (χ1n) is 10.5. The standard InChI is InChI=1S/C24H22ClN5O4S/c1-15-4-8-19(9-5-15)35(32,33)29-23-11-7-18(14-26-23)34-17-6-10-20(25)21(13-17)27-24(31)22-12-16(2)28-30(22)3/h4-14H,1-3H3,(H,26,29)(H,27,31). The van der Waals surface area contributed by atoms with Crippen LogP contribution in [-0.4, -0.2) is 29.1 Å². The molecule has 0 saturated carbocycles. The molecule has 0 bridgehead atoms. The van der Waals surface area contributed by atoms with Crippen molar-refractivity contribution >= 4 is 39.0 Å². The maximum atomic E-state index is 12.6. The Bertz CT molecular complexity index is 1480. The molecule has 0 unspecified atom stereocenters. The average Bonchev–Trinajstić information content (AvgIpc) is 3.15. The molecule has 4 aromatic rings. The quantitative estimate of drug-likeness (QED) is 0.363. The van der Waals surface area contributed by atoms with Gasteiger partial charge in [-0.3, -0.25) is 14.2 Å². The maximum Gasteiger partial charge on any atom is 0.273 e. The first-order valence-corrected chi connectivity index (χ1v) is 12.3. The Morgan fingerprint density at radius 1 is 1.00 bits per heavy atom. The number of nitrogens with zero attached hydrogens (tertiary/aromatic N) is 3. The van der Waals surface area contributed by atoms with Gasteiger partial charge in [0, 0.05) is 13.1 Å². The number of hydrogen-bond acceptors (Lipinski definition) is 6. The van der Waals surface area contributed by atoms with Crippen LogP contribution < -0.4 is 14.8 Å². The van der Waals surface area contributed by atoms with E-state index in [0.717, 1.165) is 11.3 Å². The van der Waals surface area contributed by atoms with Crippen LogP contribution in [0.3, 0.4) is 0 Å². The van der Waals surface area contributed by atoms with Crippen LogP contribution in [0.5, 0.6) is 11.5 Å². The normalized spacial score (nSPS) is 11.2. The zero-order chi connectivity index (χ0) is 25.2. The van der Waals surface area contributed by atoms with Gasteiger partial charge < -0.3 is 10.1 Å². The number of carbonyl (C=O) groups is 1. The molecular weight excluding hydrogens is 490 g/mol. The molecule has 0 aliphatic rings. The number of pyridine rings is 1. The molecule has 180 valence electrons. The van der Waals surface area contributed by atoms with Crippen LogP contribution in [0.2, 0.25) is 5.02 Å². The Hall–Kier alpha value is -3.89. The SMILES string of the molecule is Cc1ccc(S(=O)(=O)Nc2ccc(Oc3ccc(Cl)c(NC(=O)c4cc(C)nn4C)c3)cn2)cc1. The van der Waals surface area contributed by atoms with Gasteiger partial charge in [-0.1, -0.05) is 29.3 Å². The summed E-state index contributed by atoms with van der Waals surface area (Å²) in [6.07, 6.45) is 1.39. The van der Waals surface area contributed by atoms with Crippen molar-refractivity contribution in [3.05, 3.63) is 88.8 Å². The minimum atomic E-state index is -3.76. The second-order valence-electron chi connectivity index (χ2n) is 7.79. The molecule has 0 fully saturated rings. The molecule has 1 amide bonds. The van der Waals surface area contributed by atoms with Crippen molar-refractivity contribution in [3.8, 4) is 11.5 Å². The van der Waals surface area contributed by atoms with Gasteiger partial charge in [-0.25, -0.2) is 13.4 Å². The zero-order valence-corrected chi connectivity index (χ0v) is 20.7. The maximum absolute atomic E-state index is 12.6. The molecule has 0 aliphatic heterocycles. The number of aromatic nitrogens is 3. The van der Waals surface area contributed by atoms with Crippen molar-refractivity contribution in [1.29, 1.82) is 0 Å². The van der Waals surface area contributed by atoms with Crippen molar-refractivity contribution in [2.24, 2.45) is 7.05 Å². The average molecular weight is 512 g/mol. The van der Waals surface area contributed by atoms with E-state index in [0.29, 0.717) is 27.9 Å². The number of amides is 1. The highest BCUT2D eigenvalue weighted by molar-refractivity contribution is 7.92. The summed E-state index contributed by atoms with van der Waals surface area (Å²) in [6.45, 7) is 3.67. The first kappa shape index (κ1) is 24.2. The summed E-state index contributed by atoms with van der Waals surface area (Å²) in [5.41, 5.74) is 2.43. The van der Waals surface area contributed by atoms with Crippen LogP contribution in [0.1, 0.15) is 21.7 Å². The van der Waals surface area contributed by atoms with Crippen molar-refractivity contribution in [2.45, 2.75) is 18.7 Å². The molecule has 11 heteroatoms. The summed E-state index contributed by atoms with van der Waals surface area (Å²) in [5.74, 6) is 0.554. The van der Waals surface area contributed by atoms with Crippen LogP contribution in [0.4, 0.5) is 11.5 Å². The minimum Gasteiger partial charge on any atom is -0.456 e. The summed E-state index contributed by atoms with van der Waals surface area (Å²) in [5, 5.41) is 7.26. The van der Waals surface area contributed by atoms with Gasteiger partial charge >= 0.3 is 0 Å². The van der Waals surface area contributed by atoms with E-state index in [-0.39, 0.29) is 16.6 Å². The Morgan fingerprint density at radius 3 is 2.34 bits per heavy atom. The minimum absolute atomic E-state index is 0.141. The third kappa shape index (κ3) is 5.79. The van der Waals surface area contributed by atoms with E-state index in [2.05, 4.69) is 20.1 Å². The Morgan fingerprint density at radius 2 is 1.71 bits per heavy atom. The van der Waals surface area contributed by atoms with Crippen LogP contribution in [0, 0.1) is 13.8 Å². The summed E-state index contributed by atoms with van der Waals surface area (Å²) >= 11 is 6.25. The fourth-order valence-electron chi connectivity index (χ4n) is 3.22. The smallest absolute Gasteiger partial charge is 0.273 e. The highest BCUT2D eigenvalue weighted by Crippen LogP contribution is 2.30. The second-order valence-corrected chi connectivity index (χ2v) is 9.88. The van der Waals surface area contributed by atoms with Gasteiger partial charge in [-0.2, -0.15) is 5.10 Å². The number of rotatable bonds is 7. The molecule has 0 aliphatic carbocycles. The second kappa shape index (κ2) is 9.77. The summed E-state index contributed by atoms with van der Waals surface area (Å²) in [4.78, 5) is 16.9. The van der Waals surface area contributed by atoms with Crippen molar-refractivity contribution in [3.63, 3.8) is 0 Å². The highest BCUT2D eigenvalue weighted by atomic mass is 35.5. The van der Waals surface area contributed by atoms with Gasteiger partial charge in [0.1, 0.15) is 23.0 Å². The van der Waals surface area contributed by atoms with Crippen molar-refractivity contribution in [1.82, 2.24) is 14.8 Å². The molecule has 0 saturated heterocycles. The van der Waals surface area contributed by atoms with Crippen molar-refractivity contribution < 1.29 is 17.9 Å². The van der Waals surface area contributed by atoms with Crippen molar-refractivity contribution in [2.75, 3.05) is 10.0 Å². The van der Waals surface area contributed by atoms with Crippen LogP contribution in [-0.2, 0) is 17.1 Å². The molecule has 4 rings (SSSR count). The molecule has 2 heterocycles. The Balaban J connectivity index is 1.45. The summed E-state index contributed by atoms with van der Waals surface area (Å²) in [6, 6.07) is 16.1. The third-order valence-corrected chi connectivity index (χ3v) is 6.66. The number of benzene rings is 2. The van der Waals surface area contributed by atoms with E-state index in [9.17, 15) is 13.2 Å². The molecule has 9 nitrogen and oxygen atoms in total. The third-order valence-electron chi connectivity index (χ3n) is 4.96. The number of nitrogens with one attached hydrogen (secondary N) is 2. The summed E-state index contributed by atoms with van der Waals surface area (Å²) < 4.78 is 34.8. The largest absolute Gasteiger partial charge is 0.456 e. The van der Waals surface area contributed by atoms with Crippen LogP contribution >= 0.6 is 11.6 Å². The van der Waals surface area contributed by atoms with Gasteiger partial charge in [-0.05, 0) is 56.3 Å². The predicted octanol–water partition coefficient (Wildman–Crippen LogP) is 4.93. The van der Waals surface area contributed by atoms with E-state index in [4.69, 9.17) is 16.3 Å². The summed E-state index contributed by atoms with van der Waals surface area (Å²) in [7, 11) is -2.08. The van der Waals surface area contributed by atoms with Crippen LogP contribution in [0.15, 0.2) is 71.8 Å². The number of sulfonamides is 1. The van der Waals surface area contributed by atoms with Gasteiger partial charge in [0.15, 0.2) is 0 Å². The fraction of sp³-hybridized carbons (Fsp3) is 0.125. The molecule has 35 heavy (non-hydrogen) atoms. The molecule has 2 N–H and O–H groups in total. The number of halogens is 1. The van der Waals surface area contributed by atoms with Gasteiger partial charge in [0.2, 0.25) is 0 Å². The molecule has 0 atom stereocenters. The number of ether oxygens (including phenoxy) is 1. The van der Waals surface area contributed by atoms with E-state index >= 15 is 0 Å². The molecule has 0 radical (unpaired) electrons. The lowest BCUT2D eigenvalue weighted by atomic mass is 10.2. The highest BCUT2D eigenvalue weighted by Gasteiger charge is 2.16. The van der Waals surface area contributed by atoms with E-state index in [1.807, 2.05) is 6.92 Å². The van der Waals surface area contributed by atoms with Gasteiger partial charge in [0.05, 0.1) is 27.5 Å². The molecule has 0 spiro atoms. The number of anilines is 2. The number of hydrogen-bond donors (Lipinski definition) is 2. The zero-order valence-electron chi connectivity index (χ0n) is 19.1. The lowest BCUT2D eigenvalue weighted by Gasteiger charge is -2.11. The first-order chi connectivity index (χ1) is 16.6. The van der Waals surface area contributed by atoms with Crippen LogP contribution in [0.25, 0.3) is 0 Å². The Kier molecular flexibility index (Phi) is 6.77. The van der Waals surface area contributed by atoms with E-state index in [1.165, 1.54) is 29.1 Å².